The molecule has 1 aliphatic heterocycles. The molecule has 1 amide bonds. The molecule has 1 saturated heterocycles. The fourth-order valence-corrected chi connectivity index (χ4v) is 3.19. The Morgan fingerprint density at radius 2 is 2.24 bits per heavy atom. The first kappa shape index (κ1) is 16.3. The van der Waals surface area contributed by atoms with Gasteiger partial charge in [0.1, 0.15) is 0 Å². The Kier molecular flexibility index (Phi) is 5.62. The highest BCUT2D eigenvalue weighted by Crippen LogP contribution is 2.22. The van der Waals surface area contributed by atoms with E-state index < -0.39 is 0 Å². The third-order valence-corrected chi connectivity index (χ3v) is 4.03. The normalized spacial score (nSPS) is 22.7. The van der Waals surface area contributed by atoms with Crippen LogP contribution in [-0.4, -0.2) is 42.5 Å². The Morgan fingerprint density at radius 3 is 2.86 bits per heavy atom. The van der Waals surface area contributed by atoms with E-state index in [9.17, 15) is 4.79 Å². The molecule has 0 bridgehead atoms. The summed E-state index contributed by atoms with van der Waals surface area (Å²) in [6.07, 6.45) is 0.846. The number of carbonyl (C=O) groups is 1. The highest BCUT2D eigenvalue weighted by Gasteiger charge is 2.36. The second-order valence-electron chi connectivity index (χ2n) is 5.94. The number of benzene rings is 1. The number of nitrogens with one attached hydrogen (secondary N) is 2. The van der Waals surface area contributed by atoms with Crippen LogP contribution in [-0.2, 0) is 11.3 Å². The molecule has 1 fully saturated rings. The van der Waals surface area contributed by atoms with E-state index in [1.165, 1.54) is 0 Å². The Hall–Kier alpha value is -1.10. The van der Waals surface area contributed by atoms with Gasteiger partial charge in [0, 0.05) is 37.2 Å². The minimum absolute atomic E-state index is 0.0785. The quantitative estimate of drug-likeness (QED) is 0.875. The zero-order valence-corrected chi connectivity index (χ0v) is 13.7. The highest BCUT2D eigenvalue weighted by molar-refractivity contribution is 6.30. The van der Waals surface area contributed by atoms with Gasteiger partial charge in [0.25, 0.3) is 0 Å². The van der Waals surface area contributed by atoms with E-state index in [1.807, 2.05) is 18.2 Å². The number of likely N-dealkylation sites (N-methyl/N-ethyl adjacent to an activating group) is 1. The molecule has 1 aromatic rings. The molecular formula is C16H24ClN3O. The molecule has 0 spiro atoms. The molecule has 1 heterocycles. The summed E-state index contributed by atoms with van der Waals surface area (Å²) in [6.45, 7) is 5.89. The van der Waals surface area contributed by atoms with Crippen molar-refractivity contribution < 1.29 is 4.79 Å². The van der Waals surface area contributed by atoms with Crippen molar-refractivity contribution in [2.24, 2.45) is 0 Å². The zero-order valence-electron chi connectivity index (χ0n) is 12.9. The predicted octanol–water partition coefficient (Wildman–Crippen LogP) is 2.03. The van der Waals surface area contributed by atoms with E-state index in [2.05, 4.69) is 35.4 Å². The number of rotatable bonds is 5. The maximum absolute atomic E-state index is 12.1. The number of nitrogens with zero attached hydrogens (tertiary/aromatic N) is 1. The lowest BCUT2D eigenvalue weighted by atomic mass is 10.1. The van der Waals surface area contributed by atoms with Crippen LogP contribution in [0.25, 0.3) is 0 Å². The average Bonchev–Trinajstić information content (AvgIpc) is 2.79. The number of likely N-dealkylation sites (tertiary alicyclic amines) is 1. The van der Waals surface area contributed by atoms with Crippen molar-refractivity contribution in [1.29, 1.82) is 0 Å². The van der Waals surface area contributed by atoms with Crippen LogP contribution in [0.1, 0.15) is 25.8 Å². The Morgan fingerprint density at radius 1 is 1.48 bits per heavy atom. The van der Waals surface area contributed by atoms with Gasteiger partial charge in [-0.1, -0.05) is 37.6 Å². The van der Waals surface area contributed by atoms with Crippen molar-refractivity contribution in [2.75, 3.05) is 13.6 Å². The molecule has 0 radical (unpaired) electrons. The van der Waals surface area contributed by atoms with E-state index >= 15 is 0 Å². The summed E-state index contributed by atoms with van der Waals surface area (Å²) in [4.78, 5) is 14.3. The SMILES string of the molecule is CNC(=O)[C@@H]1C[C@H](NC(C)C)CN1Cc1cccc(Cl)c1. The lowest BCUT2D eigenvalue weighted by molar-refractivity contribution is -0.125. The maximum atomic E-state index is 12.1. The minimum atomic E-state index is -0.0785. The van der Waals surface area contributed by atoms with Gasteiger partial charge in [-0.05, 0) is 24.1 Å². The van der Waals surface area contributed by atoms with Crippen LogP contribution in [0.3, 0.4) is 0 Å². The summed E-state index contributed by atoms with van der Waals surface area (Å²) >= 11 is 6.04. The zero-order chi connectivity index (χ0) is 15.4. The third-order valence-electron chi connectivity index (χ3n) is 3.80. The first-order valence-corrected chi connectivity index (χ1v) is 7.83. The molecule has 2 atom stereocenters. The molecule has 4 nitrogen and oxygen atoms in total. The molecule has 5 heteroatoms. The fourth-order valence-electron chi connectivity index (χ4n) is 2.98. The first-order chi connectivity index (χ1) is 9.99. The fraction of sp³-hybridized carbons (Fsp3) is 0.562. The lowest BCUT2D eigenvalue weighted by Gasteiger charge is -2.23. The summed E-state index contributed by atoms with van der Waals surface area (Å²) in [6, 6.07) is 8.53. The summed E-state index contributed by atoms with van der Waals surface area (Å²) < 4.78 is 0. The minimum Gasteiger partial charge on any atom is -0.358 e. The Labute approximate surface area is 131 Å². The molecule has 0 unspecified atom stereocenters. The third kappa shape index (κ3) is 4.43. The molecule has 21 heavy (non-hydrogen) atoms. The molecule has 1 aromatic carbocycles. The van der Waals surface area contributed by atoms with Crippen molar-refractivity contribution in [3.63, 3.8) is 0 Å². The standard InChI is InChI=1S/C16H24ClN3O/c1-11(2)19-14-8-15(16(21)18-3)20(10-14)9-12-5-4-6-13(17)7-12/h4-7,11,14-15,19H,8-10H2,1-3H3,(H,18,21)/t14-,15-/m0/s1. The van der Waals surface area contributed by atoms with Crippen LogP contribution in [0, 0.1) is 0 Å². The Bertz CT molecular complexity index is 492. The Balaban J connectivity index is 2.08. The van der Waals surface area contributed by atoms with Crippen molar-refractivity contribution in [3.05, 3.63) is 34.9 Å². The molecule has 2 N–H and O–H groups in total. The van der Waals surface area contributed by atoms with Gasteiger partial charge in [0.15, 0.2) is 0 Å². The van der Waals surface area contributed by atoms with Gasteiger partial charge in [0.2, 0.25) is 5.91 Å². The monoisotopic (exact) mass is 309 g/mol. The van der Waals surface area contributed by atoms with Crippen LogP contribution in [0.5, 0.6) is 0 Å². The van der Waals surface area contributed by atoms with Gasteiger partial charge in [-0.25, -0.2) is 0 Å². The summed E-state index contributed by atoms with van der Waals surface area (Å²) in [5.74, 6) is 0.0880. The van der Waals surface area contributed by atoms with Gasteiger partial charge in [0.05, 0.1) is 6.04 Å². The number of carbonyl (C=O) groups excluding carboxylic acids is 1. The average molecular weight is 310 g/mol. The second kappa shape index (κ2) is 7.25. The van der Waals surface area contributed by atoms with Crippen LogP contribution in [0.2, 0.25) is 5.02 Å². The number of hydrogen-bond donors (Lipinski definition) is 2. The summed E-state index contributed by atoms with van der Waals surface area (Å²) in [7, 11) is 1.70. The van der Waals surface area contributed by atoms with Crippen molar-refractivity contribution in [3.8, 4) is 0 Å². The van der Waals surface area contributed by atoms with Gasteiger partial charge in [-0.3, -0.25) is 9.69 Å². The second-order valence-corrected chi connectivity index (χ2v) is 6.38. The maximum Gasteiger partial charge on any atom is 0.237 e. The van der Waals surface area contributed by atoms with Crippen LogP contribution < -0.4 is 10.6 Å². The number of halogens is 1. The molecule has 116 valence electrons. The number of hydrogen-bond acceptors (Lipinski definition) is 3. The van der Waals surface area contributed by atoms with Crippen LogP contribution in [0.4, 0.5) is 0 Å². The summed E-state index contributed by atoms with van der Waals surface area (Å²) in [5.41, 5.74) is 1.14. The molecule has 2 rings (SSSR count). The van der Waals surface area contributed by atoms with E-state index in [0.717, 1.165) is 30.1 Å². The lowest BCUT2D eigenvalue weighted by Crippen LogP contribution is -2.41. The highest BCUT2D eigenvalue weighted by atomic mass is 35.5. The molecule has 1 aliphatic rings. The van der Waals surface area contributed by atoms with E-state index in [0.29, 0.717) is 12.1 Å². The van der Waals surface area contributed by atoms with Gasteiger partial charge in [-0.2, -0.15) is 0 Å². The van der Waals surface area contributed by atoms with Crippen molar-refractivity contribution in [2.45, 2.75) is 44.9 Å². The topological polar surface area (TPSA) is 44.4 Å². The van der Waals surface area contributed by atoms with E-state index in [-0.39, 0.29) is 11.9 Å². The van der Waals surface area contributed by atoms with Gasteiger partial charge < -0.3 is 10.6 Å². The molecule has 0 saturated carbocycles. The summed E-state index contributed by atoms with van der Waals surface area (Å²) in [5, 5.41) is 7.04. The van der Waals surface area contributed by atoms with E-state index in [1.54, 1.807) is 7.05 Å². The molecular weight excluding hydrogens is 286 g/mol. The van der Waals surface area contributed by atoms with Crippen LogP contribution >= 0.6 is 11.6 Å². The smallest absolute Gasteiger partial charge is 0.237 e. The van der Waals surface area contributed by atoms with Gasteiger partial charge >= 0.3 is 0 Å². The van der Waals surface area contributed by atoms with E-state index in [4.69, 9.17) is 11.6 Å². The molecule has 0 aliphatic carbocycles. The predicted molar refractivity (Wildman–Crippen MR) is 86.4 cm³/mol. The first-order valence-electron chi connectivity index (χ1n) is 7.45. The van der Waals surface area contributed by atoms with Crippen molar-refractivity contribution >= 4 is 17.5 Å². The number of amides is 1. The van der Waals surface area contributed by atoms with Crippen molar-refractivity contribution in [1.82, 2.24) is 15.5 Å². The van der Waals surface area contributed by atoms with Crippen LogP contribution in [0.15, 0.2) is 24.3 Å². The molecule has 0 aromatic heterocycles. The van der Waals surface area contributed by atoms with Gasteiger partial charge in [-0.15, -0.1) is 0 Å². The largest absolute Gasteiger partial charge is 0.358 e.